The van der Waals surface area contributed by atoms with Gasteiger partial charge in [-0.05, 0) is 61.7 Å². The van der Waals surface area contributed by atoms with Crippen molar-refractivity contribution < 1.29 is 13.9 Å². The molecule has 5 heteroatoms. The van der Waals surface area contributed by atoms with Crippen molar-refractivity contribution in [3.63, 3.8) is 0 Å². The van der Waals surface area contributed by atoms with Crippen LogP contribution in [0.15, 0.2) is 30.3 Å². The first-order valence-corrected chi connectivity index (χ1v) is 7.21. The number of anilines is 1. The van der Waals surface area contributed by atoms with Crippen molar-refractivity contribution in [2.75, 3.05) is 11.9 Å². The van der Waals surface area contributed by atoms with Crippen LogP contribution in [0.25, 0.3) is 0 Å². The summed E-state index contributed by atoms with van der Waals surface area (Å²) in [5.74, 6) is -0.106. The van der Waals surface area contributed by atoms with Gasteiger partial charge in [0.25, 0.3) is 5.91 Å². The summed E-state index contributed by atoms with van der Waals surface area (Å²) < 4.78 is 18.9. The van der Waals surface area contributed by atoms with Crippen LogP contribution in [0, 0.1) is 26.6 Å². The first-order chi connectivity index (χ1) is 10.4. The van der Waals surface area contributed by atoms with Gasteiger partial charge in [0.05, 0.1) is 0 Å². The molecule has 22 heavy (non-hydrogen) atoms. The van der Waals surface area contributed by atoms with E-state index < -0.39 is 0 Å². The van der Waals surface area contributed by atoms with Crippen molar-refractivity contribution in [1.82, 2.24) is 0 Å². The van der Waals surface area contributed by atoms with Crippen molar-refractivity contribution in [3.8, 4) is 5.75 Å². The molecule has 0 bridgehead atoms. The summed E-state index contributed by atoms with van der Waals surface area (Å²) in [6.45, 7) is 5.27. The Labute approximate surface area is 134 Å². The van der Waals surface area contributed by atoms with Gasteiger partial charge in [0.2, 0.25) is 0 Å². The standard InChI is InChI=1S/C17H17ClFNO2/c1-10-4-5-13(8-15(10)19)20-17(21)9-22-16-7-6-14(18)11(2)12(16)3/h4-8H,9H2,1-3H3,(H,20,21). The Hall–Kier alpha value is -2.07. The van der Waals surface area contributed by atoms with Crippen molar-refractivity contribution >= 4 is 23.2 Å². The molecule has 3 nitrogen and oxygen atoms in total. The predicted molar refractivity (Wildman–Crippen MR) is 86.2 cm³/mol. The van der Waals surface area contributed by atoms with Gasteiger partial charge in [0.15, 0.2) is 6.61 Å². The molecule has 0 unspecified atom stereocenters. The van der Waals surface area contributed by atoms with E-state index in [0.717, 1.165) is 11.1 Å². The van der Waals surface area contributed by atoms with Crippen LogP contribution in [0.1, 0.15) is 16.7 Å². The lowest BCUT2D eigenvalue weighted by molar-refractivity contribution is -0.118. The van der Waals surface area contributed by atoms with Gasteiger partial charge in [0.1, 0.15) is 11.6 Å². The molecule has 0 fully saturated rings. The van der Waals surface area contributed by atoms with Gasteiger partial charge >= 0.3 is 0 Å². The second kappa shape index (κ2) is 6.79. The molecule has 0 aliphatic heterocycles. The number of halogens is 2. The number of amides is 1. The first-order valence-electron chi connectivity index (χ1n) is 6.83. The monoisotopic (exact) mass is 321 g/mol. The van der Waals surface area contributed by atoms with Gasteiger partial charge in [-0.1, -0.05) is 17.7 Å². The summed E-state index contributed by atoms with van der Waals surface area (Å²) in [5.41, 5.74) is 2.74. The Morgan fingerprint density at radius 3 is 2.59 bits per heavy atom. The highest BCUT2D eigenvalue weighted by molar-refractivity contribution is 6.31. The van der Waals surface area contributed by atoms with E-state index >= 15 is 0 Å². The van der Waals surface area contributed by atoms with E-state index in [1.54, 1.807) is 31.2 Å². The highest BCUT2D eigenvalue weighted by atomic mass is 35.5. The largest absolute Gasteiger partial charge is 0.483 e. The Morgan fingerprint density at radius 2 is 1.91 bits per heavy atom. The minimum absolute atomic E-state index is 0.155. The summed E-state index contributed by atoms with van der Waals surface area (Å²) in [6.07, 6.45) is 0. The number of hydrogen-bond donors (Lipinski definition) is 1. The fourth-order valence-corrected chi connectivity index (χ4v) is 2.13. The summed E-state index contributed by atoms with van der Waals surface area (Å²) in [7, 11) is 0. The molecule has 2 aromatic rings. The molecule has 2 rings (SSSR count). The van der Waals surface area contributed by atoms with E-state index in [1.807, 2.05) is 13.8 Å². The average Bonchev–Trinajstić information content (AvgIpc) is 2.48. The number of carbonyl (C=O) groups excluding carboxylic acids is 1. The van der Waals surface area contributed by atoms with E-state index in [1.165, 1.54) is 6.07 Å². The van der Waals surface area contributed by atoms with Crippen molar-refractivity contribution in [1.29, 1.82) is 0 Å². The maximum Gasteiger partial charge on any atom is 0.262 e. The average molecular weight is 322 g/mol. The second-order valence-corrected chi connectivity index (χ2v) is 5.50. The van der Waals surface area contributed by atoms with Crippen molar-refractivity contribution in [2.24, 2.45) is 0 Å². The summed E-state index contributed by atoms with van der Waals surface area (Å²) in [4.78, 5) is 11.9. The number of benzene rings is 2. The zero-order valence-corrected chi connectivity index (χ0v) is 13.4. The zero-order chi connectivity index (χ0) is 16.3. The van der Waals surface area contributed by atoms with Gasteiger partial charge in [-0.3, -0.25) is 4.79 Å². The van der Waals surface area contributed by atoms with E-state index in [-0.39, 0.29) is 18.3 Å². The zero-order valence-electron chi connectivity index (χ0n) is 12.7. The SMILES string of the molecule is Cc1ccc(NC(=O)COc2ccc(Cl)c(C)c2C)cc1F. The third kappa shape index (κ3) is 3.77. The molecule has 1 N–H and O–H groups in total. The third-order valence-electron chi connectivity index (χ3n) is 3.49. The third-order valence-corrected chi connectivity index (χ3v) is 3.90. The van der Waals surface area contributed by atoms with Gasteiger partial charge in [0, 0.05) is 10.7 Å². The summed E-state index contributed by atoms with van der Waals surface area (Å²) in [6, 6.07) is 7.99. The lowest BCUT2D eigenvalue weighted by atomic mass is 10.1. The summed E-state index contributed by atoms with van der Waals surface area (Å²) >= 11 is 6.01. The molecule has 0 heterocycles. The molecule has 0 spiro atoms. The molecule has 2 aromatic carbocycles. The number of ether oxygens (including phenoxy) is 1. The van der Waals surface area contributed by atoms with Crippen LogP contribution in [0.2, 0.25) is 5.02 Å². The van der Waals surface area contributed by atoms with Crippen LogP contribution >= 0.6 is 11.6 Å². The predicted octanol–water partition coefficient (Wildman–Crippen LogP) is 4.42. The number of carbonyl (C=O) groups is 1. The Balaban J connectivity index is 1.98. The number of nitrogens with one attached hydrogen (secondary N) is 1. The van der Waals surface area contributed by atoms with Gasteiger partial charge in [-0.15, -0.1) is 0 Å². The number of hydrogen-bond acceptors (Lipinski definition) is 2. The van der Waals surface area contributed by atoms with Crippen LogP contribution in [-0.4, -0.2) is 12.5 Å². The normalized spacial score (nSPS) is 10.4. The topological polar surface area (TPSA) is 38.3 Å². The molecule has 0 saturated carbocycles. The maximum absolute atomic E-state index is 13.4. The molecule has 116 valence electrons. The highest BCUT2D eigenvalue weighted by Gasteiger charge is 2.09. The minimum Gasteiger partial charge on any atom is -0.483 e. The molecule has 0 saturated heterocycles. The van der Waals surface area contributed by atoms with Crippen LogP contribution in [0.3, 0.4) is 0 Å². The van der Waals surface area contributed by atoms with Crippen LogP contribution < -0.4 is 10.1 Å². The van der Waals surface area contributed by atoms with E-state index in [0.29, 0.717) is 22.0 Å². The van der Waals surface area contributed by atoms with Crippen LogP contribution in [-0.2, 0) is 4.79 Å². The van der Waals surface area contributed by atoms with Gasteiger partial charge in [-0.25, -0.2) is 4.39 Å². The molecule has 0 atom stereocenters. The van der Waals surface area contributed by atoms with Gasteiger partial charge < -0.3 is 10.1 Å². The lowest BCUT2D eigenvalue weighted by Crippen LogP contribution is -2.20. The van der Waals surface area contributed by atoms with E-state index in [2.05, 4.69) is 5.32 Å². The maximum atomic E-state index is 13.4. The van der Waals surface area contributed by atoms with Crippen LogP contribution in [0.5, 0.6) is 5.75 Å². The molecular weight excluding hydrogens is 305 g/mol. The molecule has 0 aliphatic rings. The summed E-state index contributed by atoms with van der Waals surface area (Å²) in [5, 5.41) is 3.25. The molecule has 0 aliphatic carbocycles. The highest BCUT2D eigenvalue weighted by Crippen LogP contribution is 2.27. The molecule has 1 amide bonds. The Morgan fingerprint density at radius 1 is 1.18 bits per heavy atom. The van der Waals surface area contributed by atoms with E-state index in [9.17, 15) is 9.18 Å². The van der Waals surface area contributed by atoms with E-state index in [4.69, 9.17) is 16.3 Å². The van der Waals surface area contributed by atoms with Crippen LogP contribution in [0.4, 0.5) is 10.1 Å². The lowest BCUT2D eigenvalue weighted by Gasteiger charge is -2.12. The number of rotatable bonds is 4. The fourth-order valence-electron chi connectivity index (χ4n) is 1.93. The second-order valence-electron chi connectivity index (χ2n) is 5.10. The Kier molecular flexibility index (Phi) is 5.03. The van der Waals surface area contributed by atoms with Gasteiger partial charge in [-0.2, -0.15) is 0 Å². The smallest absolute Gasteiger partial charge is 0.262 e. The minimum atomic E-state index is -0.358. The van der Waals surface area contributed by atoms with Crippen molar-refractivity contribution in [3.05, 3.63) is 57.9 Å². The molecule has 0 aromatic heterocycles. The quantitative estimate of drug-likeness (QED) is 0.905. The number of aryl methyl sites for hydroxylation is 1. The fraction of sp³-hybridized carbons (Fsp3) is 0.235. The first kappa shape index (κ1) is 16.3. The molecule has 0 radical (unpaired) electrons. The Bertz CT molecular complexity index is 716. The van der Waals surface area contributed by atoms with Crippen molar-refractivity contribution in [2.45, 2.75) is 20.8 Å². The molecular formula is C17H17ClFNO2.